The van der Waals surface area contributed by atoms with Gasteiger partial charge in [-0.1, -0.05) is 33.6 Å². The predicted octanol–water partition coefficient (Wildman–Crippen LogP) is 2.54. The summed E-state index contributed by atoms with van der Waals surface area (Å²) in [6.45, 7) is 7.57. The van der Waals surface area contributed by atoms with Crippen molar-refractivity contribution in [2.75, 3.05) is 6.54 Å². The van der Waals surface area contributed by atoms with Gasteiger partial charge in [0.25, 0.3) is 0 Å². The van der Waals surface area contributed by atoms with Crippen LogP contribution in [-0.2, 0) is 0 Å². The minimum absolute atomic E-state index is 0.690. The van der Waals surface area contributed by atoms with Gasteiger partial charge in [-0.2, -0.15) is 0 Å². The molecule has 0 spiro atoms. The maximum atomic E-state index is 5.70. The molecule has 2 heteroatoms. The molecule has 12 heavy (non-hydrogen) atoms. The summed E-state index contributed by atoms with van der Waals surface area (Å²) < 4.78 is 0. The molecule has 1 fully saturated rings. The van der Waals surface area contributed by atoms with Gasteiger partial charge < -0.3 is 0 Å². The first-order valence-corrected chi connectivity index (χ1v) is 5.27. The standard InChI is InChI=1S/C7H16N2.C3H8/c1-2-4-7-5-3-6-9(7)8;1-3-2/h7H,2-6,8H2,1H3;3H2,1-2H3. The van der Waals surface area contributed by atoms with Gasteiger partial charge in [-0.3, -0.25) is 5.84 Å². The Bertz CT molecular complexity index is 93.8. The van der Waals surface area contributed by atoms with E-state index in [1.807, 2.05) is 5.01 Å². The Labute approximate surface area is 77.1 Å². The third-order valence-corrected chi connectivity index (χ3v) is 2.04. The van der Waals surface area contributed by atoms with E-state index in [1.54, 1.807) is 0 Å². The third-order valence-electron chi connectivity index (χ3n) is 2.04. The maximum Gasteiger partial charge on any atom is 0.0241 e. The van der Waals surface area contributed by atoms with E-state index in [0.717, 1.165) is 6.54 Å². The molecule has 1 aliphatic heterocycles. The molecule has 0 aromatic heterocycles. The van der Waals surface area contributed by atoms with Gasteiger partial charge in [0.15, 0.2) is 0 Å². The highest BCUT2D eigenvalue weighted by molar-refractivity contribution is 4.73. The molecule has 0 aromatic carbocycles. The summed E-state index contributed by atoms with van der Waals surface area (Å²) in [6.07, 6.45) is 6.39. The lowest BCUT2D eigenvalue weighted by Crippen LogP contribution is -2.35. The molecule has 74 valence electrons. The van der Waals surface area contributed by atoms with Crippen molar-refractivity contribution in [3.05, 3.63) is 0 Å². The fourth-order valence-corrected chi connectivity index (χ4v) is 1.50. The highest BCUT2D eigenvalue weighted by Gasteiger charge is 2.19. The first kappa shape index (κ1) is 11.9. The SMILES string of the molecule is CCC.CCCC1CCCN1N. The lowest BCUT2D eigenvalue weighted by molar-refractivity contribution is 0.249. The van der Waals surface area contributed by atoms with E-state index in [-0.39, 0.29) is 0 Å². The number of hydrogen-bond donors (Lipinski definition) is 1. The first-order chi connectivity index (χ1) is 5.76. The van der Waals surface area contributed by atoms with Crippen LogP contribution in [-0.4, -0.2) is 17.6 Å². The van der Waals surface area contributed by atoms with Crippen LogP contribution >= 0.6 is 0 Å². The van der Waals surface area contributed by atoms with E-state index >= 15 is 0 Å². The Morgan fingerprint density at radius 2 is 1.92 bits per heavy atom. The monoisotopic (exact) mass is 172 g/mol. The Kier molecular flexibility index (Phi) is 7.51. The van der Waals surface area contributed by atoms with Crippen molar-refractivity contribution in [2.24, 2.45) is 5.84 Å². The van der Waals surface area contributed by atoms with Crippen LogP contribution in [0, 0.1) is 0 Å². The highest BCUT2D eigenvalue weighted by Crippen LogP contribution is 2.16. The van der Waals surface area contributed by atoms with Crippen LogP contribution in [0.4, 0.5) is 0 Å². The van der Waals surface area contributed by atoms with Crippen molar-refractivity contribution >= 4 is 0 Å². The van der Waals surface area contributed by atoms with Gasteiger partial charge in [-0.25, -0.2) is 5.01 Å². The fourth-order valence-electron chi connectivity index (χ4n) is 1.50. The minimum atomic E-state index is 0.690. The van der Waals surface area contributed by atoms with Gasteiger partial charge in [0.1, 0.15) is 0 Å². The summed E-state index contributed by atoms with van der Waals surface area (Å²) in [5.41, 5.74) is 0. The molecule has 0 saturated carbocycles. The van der Waals surface area contributed by atoms with Crippen LogP contribution in [0.15, 0.2) is 0 Å². The Hall–Kier alpha value is -0.0800. The second-order valence-corrected chi connectivity index (χ2v) is 3.53. The molecule has 0 aromatic rings. The van der Waals surface area contributed by atoms with Crippen LogP contribution in [0.5, 0.6) is 0 Å². The summed E-state index contributed by atoms with van der Waals surface area (Å²) in [6, 6.07) is 0.690. The summed E-state index contributed by atoms with van der Waals surface area (Å²) in [5, 5.41) is 1.99. The van der Waals surface area contributed by atoms with Crippen molar-refractivity contribution in [2.45, 2.75) is 58.9 Å². The lowest BCUT2D eigenvalue weighted by Gasteiger charge is -2.17. The van der Waals surface area contributed by atoms with E-state index < -0.39 is 0 Å². The molecular formula is C10H24N2. The summed E-state index contributed by atoms with van der Waals surface area (Å²) in [5.74, 6) is 5.70. The van der Waals surface area contributed by atoms with Gasteiger partial charge in [0, 0.05) is 12.6 Å². The van der Waals surface area contributed by atoms with Crippen molar-refractivity contribution in [1.82, 2.24) is 5.01 Å². The zero-order valence-electron chi connectivity index (χ0n) is 8.84. The number of hydrazine groups is 1. The molecule has 0 radical (unpaired) electrons. The molecular weight excluding hydrogens is 148 g/mol. The van der Waals surface area contributed by atoms with Gasteiger partial charge >= 0.3 is 0 Å². The van der Waals surface area contributed by atoms with Crippen molar-refractivity contribution < 1.29 is 0 Å². The summed E-state index contributed by atoms with van der Waals surface area (Å²) >= 11 is 0. The van der Waals surface area contributed by atoms with Crippen LogP contribution in [0.1, 0.15) is 52.9 Å². The number of nitrogens with two attached hydrogens (primary N) is 1. The molecule has 1 aliphatic rings. The molecule has 1 atom stereocenters. The Balaban J connectivity index is 0.000000354. The molecule has 2 N–H and O–H groups in total. The van der Waals surface area contributed by atoms with Crippen molar-refractivity contribution in [1.29, 1.82) is 0 Å². The number of hydrogen-bond acceptors (Lipinski definition) is 2. The largest absolute Gasteiger partial charge is 0.269 e. The molecule has 0 bridgehead atoms. The van der Waals surface area contributed by atoms with Gasteiger partial charge in [-0.15, -0.1) is 0 Å². The number of nitrogens with zero attached hydrogens (tertiary/aromatic N) is 1. The molecule has 1 saturated heterocycles. The van der Waals surface area contributed by atoms with Gasteiger partial charge in [0.05, 0.1) is 0 Å². The van der Waals surface area contributed by atoms with E-state index in [1.165, 1.54) is 32.1 Å². The second kappa shape index (κ2) is 7.56. The average Bonchev–Trinajstić information content (AvgIpc) is 2.39. The summed E-state index contributed by atoms with van der Waals surface area (Å²) in [4.78, 5) is 0. The average molecular weight is 172 g/mol. The van der Waals surface area contributed by atoms with Crippen LogP contribution in [0.2, 0.25) is 0 Å². The second-order valence-electron chi connectivity index (χ2n) is 3.53. The molecule has 1 heterocycles. The topological polar surface area (TPSA) is 29.3 Å². The van der Waals surface area contributed by atoms with Crippen molar-refractivity contribution in [3.8, 4) is 0 Å². The minimum Gasteiger partial charge on any atom is -0.269 e. The first-order valence-electron chi connectivity index (χ1n) is 5.27. The molecule has 0 aliphatic carbocycles. The molecule has 2 nitrogen and oxygen atoms in total. The lowest BCUT2D eigenvalue weighted by atomic mass is 10.1. The quantitative estimate of drug-likeness (QED) is 0.649. The maximum absolute atomic E-state index is 5.70. The number of rotatable bonds is 2. The predicted molar refractivity (Wildman–Crippen MR) is 54.8 cm³/mol. The van der Waals surface area contributed by atoms with E-state index in [9.17, 15) is 0 Å². The smallest absolute Gasteiger partial charge is 0.0241 e. The summed E-state index contributed by atoms with van der Waals surface area (Å²) in [7, 11) is 0. The molecule has 1 rings (SSSR count). The Morgan fingerprint density at radius 3 is 2.25 bits per heavy atom. The van der Waals surface area contributed by atoms with E-state index in [4.69, 9.17) is 5.84 Å². The van der Waals surface area contributed by atoms with Gasteiger partial charge in [0.2, 0.25) is 0 Å². The Morgan fingerprint density at radius 1 is 1.33 bits per heavy atom. The zero-order valence-corrected chi connectivity index (χ0v) is 8.84. The normalized spacial score (nSPS) is 23.5. The zero-order chi connectivity index (χ0) is 9.40. The highest BCUT2D eigenvalue weighted by atomic mass is 15.4. The van der Waals surface area contributed by atoms with Crippen LogP contribution in [0.3, 0.4) is 0 Å². The van der Waals surface area contributed by atoms with Crippen LogP contribution < -0.4 is 5.84 Å². The molecule has 1 unspecified atom stereocenters. The third kappa shape index (κ3) is 4.73. The van der Waals surface area contributed by atoms with Crippen molar-refractivity contribution in [3.63, 3.8) is 0 Å². The molecule has 0 amide bonds. The van der Waals surface area contributed by atoms with Crippen LogP contribution in [0.25, 0.3) is 0 Å². The van der Waals surface area contributed by atoms with Gasteiger partial charge in [-0.05, 0) is 19.3 Å². The fraction of sp³-hybridized carbons (Fsp3) is 1.00. The van der Waals surface area contributed by atoms with E-state index in [2.05, 4.69) is 20.8 Å². The van der Waals surface area contributed by atoms with E-state index in [0.29, 0.717) is 6.04 Å².